The summed E-state index contributed by atoms with van der Waals surface area (Å²) in [6.07, 6.45) is -5.36. The Labute approximate surface area is 199 Å². The number of hydrogen-bond donors (Lipinski definition) is 0. The van der Waals surface area contributed by atoms with E-state index in [0.717, 1.165) is 6.07 Å². The van der Waals surface area contributed by atoms with Crippen LogP contribution in [0.3, 0.4) is 0 Å². The molecule has 188 valence electrons. The van der Waals surface area contributed by atoms with Crippen LogP contribution in [0.1, 0.15) is 33.0 Å². The van der Waals surface area contributed by atoms with Gasteiger partial charge >= 0.3 is 12.1 Å². The summed E-state index contributed by atoms with van der Waals surface area (Å²) in [4.78, 5) is 25.0. The molecule has 2 aromatic carbocycles. The molecule has 10 heteroatoms. The zero-order chi connectivity index (χ0) is 25.8. The summed E-state index contributed by atoms with van der Waals surface area (Å²) < 4.78 is 67.2. The summed E-state index contributed by atoms with van der Waals surface area (Å²) >= 11 is 0. The topological polar surface area (TPSA) is 84.2 Å². The summed E-state index contributed by atoms with van der Waals surface area (Å²) in [5, 5.41) is -0.152. The average Bonchev–Trinajstić information content (AvgIpc) is 2.80. The van der Waals surface area contributed by atoms with E-state index in [4.69, 9.17) is 23.4 Å². The molecule has 7 nitrogen and oxygen atoms in total. The van der Waals surface area contributed by atoms with Gasteiger partial charge in [0.15, 0.2) is 6.10 Å². The Morgan fingerprint density at radius 1 is 1.00 bits per heavy atom. The van der Waals surface area contributed by atoms with Crippen LogP contribution in [0.25, 0.3) is 11.0 Å². The van der Waals surface area contributed by atoms with Crippen LogP contribution >= 0.6 is 0 Å². The van der Waals surface area contributed by atoms with Crippen LogP contribution < -0.4 is 19.6 Å². The molecule has 1 atom stereocenters. The third-order valence-electron chi connectivity index (χ3n) is 4.94. The number of ether oxygens (including phenoxy) is 4. The lowest BCUT2D eigenvalue weighted by Gasteiger charge is -2.16. The van der Waals surface area contributed by atoms with E-state index < -0.39 is 35.2 Å². The first-order valence-corrected chi connectivity index (χ1v) is 10.8. The lowest BCUT2D eigenvalue weighted by molar-refractivity contribution is -0.154. The van der Waals surface area contributed by atoms with Crippen LogP contribution in [0.5, 0.6) is 23.0 Å². The van der Waals surface area contributed by atoms with Gasteiger partial charge in [0.2, 0.25) is 11.2 Å². The second-order valence-electron chi connectivity index (χ2n) is 8.13. The highest BCUT2D eigenvalue weighted by Gasteiger charge is 2.40. The van der Waals surface area contributed by atoms with Gasteiger partial charge in [0, 0.05) is 6.07 Å². The van der Waals surface area contributed by atoms with Crippen molar-refractivity contribution in [3.8, 4) is 23.0 Å². The lowest BCUT2D eigenvalue weighted by Crippen LogP contribution is -2.26. The lowest BCUT2D eigenvalue weighted by atomic mass is 10.1. The molecular formula is C25H25F3O7. The average molecular weight is 494 g/mol. The standard InChI is InChI=1S/C25H25F3O7/c1-14(2)11-12-32-24(30)15(3)33-18-9-10-19-20(13-18)35-23(25(26,27)28)22(21(19)29)34-17-7-5-16(31-4)6-8-17/h5-10,13-15H,11-12H2,1-4H3/t15-/m0/s1. The highest BCUT2D eigenvalue weighted by molar-refractivity contribution is 5.80. The van der Waals surface area contributed by atoms with E-state index >= 15 is 0 Å². The van der Waals surface area contributed by atoms with E-state index in [1.165, 1.54) is 50.4 Å². The maximum absolute atomic E-state index is 13.7. The molecule has 35 heavy (non-hydrogen) atoms. The summed E-state index contributed by atoms with van der Waals surface area (Å²) in [7, 11) is 1.43. The van der Waals surface area contributed by atoms with Crippen molar-refractivity contribution < 1.29 is 41.3 Å². The van der Waals surface area contributed by atoms with Gasteiger partial charge in [-0.2, -0.15) is 13.2 Å². The molecule has 0 aliphatic carbocycles. The molecule has 0 bridgehead atoms. The fourth-order valence-corrected chi connectivity index (χ4v) is 3.04. The number of hydrogen-bond acceptors (Lipinski definition) is 7. The number of carbonyl (C=O) groups is 1. The maximum Gasteiger partial charge on any atom is 0.453 e. The predicted molar refractivity (Wildman–Crippen MR) is 121 cm³/mol. The van der Waals surface area contributed by atoms with Gasteiger partial charge in [0.25, 0.3) is 5.76 Å². The van der Waals surface area contributed by atoms with Gasteiger partial charge in [0.05, 0.1) is 19.1 Å². The van der Waals surface area contributed by atoms with Gasteiger partial charge < -0.3 is 23.4 Å². The summed E-state index contributed by atoms with van der Waals surface area (Å²) in [6.45, 7) is 5.65. The highest BCUT2D eigenvalue weighted by atomic mass is 19.4. The molecule has 0 saturated carbocycles. The molecule has 0 fully saturated rings. The maximum atomic E-state index is 13.7. The van der Waals surface area contributed by atoms with Crippen molar-refractivity contribution in [1.29, 1.82) is 0 Å². The molecule has 0 aliphatic rings. The number of alkyl halides is 3. The quantitative estimate of drug-likeness (QED) is 0.339. The third kappa shape index (κ3) is 6.46. The highest BCUT2D eigenvalue weighted by Crippen LogP contribution is 2.39. The van der Waals surface area contributed by atoms with Crippen molar-refractivity contribution in [2.45, 2.75) is 39.5 Å². The van der Waals surface area contributed by atoms with Crippen LogP contribution in [-0.2, 0) is 15.7 Å². The van der Waals surface area contributed by atoms with Crippen LogP contribution in [0.15, 0.2) is 51.7 Å². The number of methoxy groups -OCH3 is 1. The molecule has 0 radical (unpaired) electrons. The number of halogens is 3. The Kier molecular flexibility index (Phi) is 7.93. The molecule has 0 amide bonds. The second kappa shape index (κ2) is 10.7. The Morgan fingerprint density at radius 2 is 1.63 bits per heavy atom. The predicted octanol–water partition coefficient (Wildman–Crippen LogP) is 5.97. The molecule has 0 aliphatic heterocycles. The summed E-state index contributed by atoms with van der Waals surface area (Å²) in [5.41, 5.74) is -1.38. The van der Waals surface area contributed by atoms with Crippen molar-refractivity contribution in [3.63, 3.8) is 0 Å². The number of benzene rings is 2. The minimum atomic E-state index is -5.01. The SMILES string of the molecule is COc1ccc(Oc2c(C(F)(F)F)oc3cc(O[C@@H](C)C(=O)OCCC(C)C)ccc3c2=O)cc1. The largest absolute Gasteiger partial charge is 0.497 e. The van der Waals surface area contributed by atoms with Gasteiger partial charge in [0.1, 0.15) is 22.8 Å². The molecular weight excluding hydrogens is 469 g/mol. The Bertz CT molecular complexity index is 1230. The van der Waals surface area contributed by atoms with Gasteiger partial charge in [-0.1, -0.05) is 13.8 Å². The number of carbonyl (C=O) groups excluding carboxylic acids is 1. The molecule has 0 N–H and O–H groups in total. The Balaban J connectivity index is 1.91. The first-order valence-electron chi connectivity index (χ1n) is 10.8. The molecule has 0 unspecified atom stereocenters. The first-order chi connectivity index (χ1) is 16.5. The molecule has 3 aromatic rings. The van der Waals surface area contributed by atoms with E-state index in [9.17, 15) is 22.8 Å². The molecule has 1 heterocycles. The van der Waals surface area contributed by atoms with Gasteiger partial charge in [-0.3, -0.25) is 4.79 Å². The van der Waals surface area contributed by atoms with Crippen LogP contribution in [-0.4, -0.2) is 25.8 Å². The van der Waals surface area contributed by atoms with Gasteiger partial charge in [-0.05, 0) is 55.7 Å². The van der Waals surface area contributed by atoms with E-state index in [2.05, 4.69) is 0 Å². The van der Waals surface area contributed by atoms with E-state index in [-0.39, 0.29) is 29.1 Å². The monoisotopic (exact) mass is 494 g/mol. The van der Waals surface area contributed by atoms with Crippen LogP contribution in [0.2, 0.25) is 0 Å². The van der Waals surface area contributed by atoms with Crippen LogP contribution in [0.4, 0.5) is 13.2 Å². The van der Waals surface area contributed by atoms with Gasteiger partial charge in [-0.25, -0.2) is 4.79 Å². The van der Waals surface area contributed by atoms with Crippen molar-refractivity contribution >= 4 is 16.9 Å². The van der Waals surface area contributed by atoms with Crippen molar-refractivity contribution in [3.05, 3.63) is 58.4 Å². The minimum Gasteiger partial charge on any atom is -0.497 e. The normalized spacial score (nSPS) is 12.5. The number of fused-ring (bicyclic) bond motifs is 1. The van der Waals surface area contributed by atoms with Crippen molar-refractivity contribution in [2.24, 2.45) is 5.92 Å². The molecule has 3 rings (SSSR count). The summed E-state index contributed by atoms with van der Waals surface area (Å²) in [5.74, 6) is -2.37. The number of esters is 1. The van der Waals surface area contributed by atoms with E-state index in [1.807, 2.05) is 13.8 Å². The number of rotatable bonds is 9. The Morgan fingerprint density at radius 3 is 2.23 bits per heavy atom. The smallest absolute Gasteiger partial charge is 0.453 e. The van der Waals surface area contributed by atoms with E-state index in [0.29, 0.717) is 18.1 Å². The van der Waals surface area contributed by atoms with Crippen molar-refractivity contribution in [1.82, 2.24) is 0 Å². The van der Waals surface area contributed by atoms with Crippen LogP contribution in [0, 0.1) is 5.92 Å². The fourth-order valence-electron chi connectivity index (χ4n) is 3.04. The van der Waals surface area contributed by atoms with E-state index in [1.54, 1.807) is 0 Å². The zero-order valence-electron chi connectivity index (χ0n) is 19.6. The first kappa shape index (κ1) is 25.9. The second-order valence-corrected chi connectivity index (χ2v) is 8.13. The summed E-state index contributed by atoms with van der Waals surface area (Å²) in [6, 6.07) is 9.38. The molecule has 1 aromatic heterocycles. The molecule has 0 saturated heterocycles. The van der Waals surface area contributed by atoms with Crippen molar-refractivity contribution in [2.75, 3.05) is 13.7 Å². The minimum absolute atomic E-state index is 0.00675. The zero-order valence-corrected chi connectivity index (χ0v) is 19.6. The third-order valence-corrected chi connectivity index (χ3v) is 4.94. The molecule has 0 spiro atoms. The Hall–Kier alpha value is -3.69. The van der Waals surface area contributed by atoms with Gasteiger partial charge in [-0.15, -0.1) is 0 Å². The fraction of sp³-hybridized carbons (Fsp3) is 0.360.